The van der Waals surface area contributed by atoms with Crippen LogP contribution in [-0.2, 0) is 6.42 Å². The Balaban J connectivity index is 2.22. The summed E-state index contributed by atoms with van der Waals surface area (Å²) in [7, 11) is 0. The Kier molecular flexibility index (Phi) is 4.36. The number of nitrogens with two attached hydrogens (primary N) is 1. The van der Waals surface area contributed by atoms with Crippen LogP contribution in [0.2, 0.25) is 0 Å². The molecule has 0 unspecified atom stereocenters. The predicted octanol–water partition coefficient (Wildman–Crippen LogP) is 4.20. The molecule has 2 rings (SSSR count). The van der Waals surface area contributed by atoms with Crippen LogP contribution in [0, 0.1) is 0 Å². The average Bonchev–Trinajstić information content (AvgIpc) is 2.41. The highest BCUT2D eigenvalue weighted by molar-refractivity contribution is 5.50. The Hall–Kier alpha value is -2.23. The van der Waals surface area contributed by atoms with Gasteiger partial charge in [-0.15, -0.1) is 0 Å². The maximum absolute atomic E-state index is 5.89. The lowest BCUT2D eigenvalue weighted by Gasteiger charge is -2.21. The third-order valence-electron chi connectivity index (χ3n) is 2.80. The molecule has 0 aliphatic carbocycles. The van der Waals surface area contributed by atoms with Crippen LogP contribution < -0.4 is 15.2 Å². The molecule has 4 nitrogen and oxygen atoms in total. The second-order valence-electron chi connectivity index (χ2n) is 5.86. The quantitative estimate of drug-likeness (QED) is 0.915. The van der Waals surface area contributed by atoms with Gasteiger partial charge in [0, 0.05) is 6.07 Å². The van der Waals surface area contributed by atoms with E-state index in [2.05, 4.69) is 18.0 Å². The number of nitrogen functional groups attached to an aromatic ring is 1. The lowest BCUT2D eigenvalue weighted by molar-refractivity contribution is 0.124. The summed E-state index contributed by atoms with van der Waals surface area (Å²) < 4.78 is 11.5. The van der Waals surface area contributed by atoms with E-state index in [1.54, 1.807) is 12.1 Å². The summed E-state index contributed by atoms with van der Waals surface area (Å²) in [5, 5.41) is 0. The summed E-state index contributed by atoms with van der Waals surface area (Å²) in [6.07, 6.45) is 0.963. The molecule has 2 N–H and O–H groups in total. The van der Waals surface area contributed by atoms with Crippen molar-refractivity contribution in [3.8, 4) is 17.5 Å². The molecule has 0 spiro atoms. The van der Waals surface area contributed by atoms with Crippen LogP contribution in [0.4, 0.5) is 5.69 Å². The summed E-state index contributed by atoms with van der Waals surface area (Å²) in [4.78, 5) is 4.34. The monoisotopic (exact) mass is 286 g/mol. The molecule has 112 valence electrons. The van der Waals surface area contributed by atoms with Gasteiger partial charge >= 0.3 is 0 Å². The van der Waals surface area contributed by atoms with Gasteiger partial charge in [0.1, 0.15) is 11.4 Å². The van der Waals surface area contributed by atoms with E-state index in [1.165, 1.54) is 5.56 Å². The molecule has 4 heteroatoms. The maximum Gasteiger partial charge on any atom is 0.241 e. The lowest BCUT2D eigenvalue weighted by Crippen LogP contribution is -2.24. The molecular weight excluding hydrogens is 264 g/mol. The smallest absolute Gasteiger partial charge is 0.241 e. The van der Waals surface area contributed by atoms with E-state index in [1.807, 2.05) is 39.0 Å². The fourth-order valence-corrected chi connectivity index (χ4v) is 1.81. The molecule has 0 radical (unpaired) electrons. The van der Waals surface area contributed by atoms with Crippen molar-refractivity contribution >= 4 is 5.69 Å². The normalized spacial score (nSPS) is 11.2. The fraction of sp³-hybridized carbons (Fsp3) is 0.353. The van der Waals surface area contributed by atoms with Crippen molar-refractivity contribution in [1.29, 1.82) is 0 Å². The Morgan fingerprint density at radius 1 is 1.14 bits per heavy atom. The second-order valence-corrected chi connectivity index (χ2v) is 5.86. The van der Waals surface area contributed by atoms with E-state index in [0.29, 0.717) is 17.4 Å². The van der Waals surface area contributed by atoms with Crippen LogP contribution in [0.5, 0.6) is 17.5 Å². The van der Waals surface area contributed by atoms with Crippen molar-refractivity contribution in [2.45, 2.75) is 39.7 Å². The Morgan fingerprint density at radius 3 is 2.57 bits per heavy atom. The Morgan fingerprint density at radius 2 is 1.90 bits per heavy atom. The predicted molar refractivity (Wildman–Crippen MR) is 84.9 cm³/mol. The Labute approximate surface area is 125 Å². The van der Waals surface area contributed by atoms with E-state index in [-0.39, 0.29) is 5.60 Å². The first-order chi connectivity index (χ1) is 9.87. The first-order valence-corrected chi connectivity index (χ1v) is 7.10. The van der Waals surface area contributed by atoms with Crippen molar-refractivity contribution in [3.63, 3.8) is 0 Å². The summed E-state index contributed by atoms with van der Waals surface area (Å²) in [6.45, 7) is 7.96. The van der Waals surface area contributed by atoms with Gasteiger partial charge in [0.15, 0.2) is 0 Å². The van der Waals surface area contributed by atoms with Crippen LogP contribution in [0.15, 0.2) is 36.4 Å². The summed E-state index contributed by atoms with van der Waals surface area (Å²) in [6, 6.07) is 11.4. The van der Waals surface area contributed by atoms with Crippen LogP contribution in [0.25, 0.3) is 0 Å². The van der Waals surface area contributed by atoms with Crippen molar-refractivity contribution in [3.05, 3.63) is 42.0 Å². The van der Waals surface area contributed by atoms with Gasteiger partial charge in [-0.05, 0) is 51.0 Å². The third-order valence-corrected chi connectivity index (χ3v) is 2.80. The molecule has 2 aromatic rings. The number of aryl methyl sites for hydroxylation is 1. The highest BCUT2D eigenvalue weighted by Gasteiger charge is 2.16. The van der Waals surface area contributed by atoms with Crippen LogP contribution in [0.3, 0.4) is 0 Å². The number of hydrogen-bond donors (Lipinski definition) is 1. The number of anilines is 1. The Bertz CT molecular complexity index is 618. The number of hydrogen-bond acceptors (Lipinski definition) is 4. The summed E-state index contributed by atoms with van der Waals surface area (Å²) in [5.74, 6) is 1.62. The van der Waals surface area contributed by atoms with Gasteiger partial charge < -0.3 is 15.2 Å². The number of pyridine rings is 1. The van der Waals surface area contributed by atoms with Gasteiger partial charge in [-0.2, -0.15) is 4.98 Å². The van der Waals surface area contributed by atoms with Crippen LogP contribution in [0.1, 0.15) is 33.3 Å². The van der Waals surface area contributed by atoms with Crippen molar-refractivity contribution in [2.24, 2.45) is 0 Å². The first-order valence-electron chi connectivity index (χ1n) is 7.10. The molecule has 0 aliphatic rings. The van der Waals surface area contributed by atoms with Crippen molar-refractivity contribution < 1.29 is 9.47 Å². The third kappa shape index (κ3) is 4.38. The van der Waals surface area contributed by atoms with E-state index in [4.69, 9.17) is 15.2 Å². The lowest BCUT2D eigenvalue weighted by atomic mass is 10.2. The van der Waals surface area contributed by atoms with Crippen molar-refractivity contribution in [2.75, 3.05) is 5.73 Å². The zero-order valence-corrected chi connectivity index (χ0v) is 13.0. The molecule has 1 aromatic carbocycles. The standard InChI is InChI=1S/C17H22N2O2/c1-5-12-7-6-8-13(11-12)20-15-10-9-14(18)16(19-15)21-17(2,3)4/h6-11H,5,18H2,1-4H3. The SMILES string of the molecule is CCc1cccc(Oc2ccc(N)c(OC(C)(C)C)n2)c1. The number of rotatable bonds is 4. The molecule has 1 heterocycles. The van der Waals surface area contributed by atoms with E-state index in [0.717, 1.165) is 12.2 Å². The molecule has 0 aliphatic heterocycles. The van der Waals surface area contributed by atoms with Crippen LogP contribution in [-0.4, -0.2) is 10.6 Å². The van der Waals surface area contributed by atoms with E-state index >= 15 is 0 Å². The number of benzene rings is 1. The van der Waals surface area contributed by atoms with Gasteiger partial charge in [0.25, 0.3) is 0 Å². The van der Waals surface area contributed by atoms with Gasteiger partial charge in [-0.1, -0.05) is 19.1 Å². The summed E-state index contributed by atoms with van der Waals surface area (Å²) >= 11 is 0. The molecule has 0 saturated carbocycles. The minimum Gasteiger partial charge on any atom is -0.470 e. The minimum absolute atomic E-state index is 0.359. The fourth-order valence-electron chi connectivity index (χ4n) is 1.81. The molecule has 21 heavy (non-hydrogen) atoms. The van der Waals surface area contributed by atoms with Gasteiger partial charge in [0.05, 0.1) is 5.69 Å². The van der Waals surface area contributed by atoms with E-state index in [9.17, 15) is 0 Å². The molecule has 0 atom stereocenters. The average molecular weight is 286 g/mol. The highest BCUT2D eigenvalue weighted by atomic mass is 16.5. The topological polar surface area (TPSA) is 57.4 Å². The van der Waals surface area contributed by atoms with Crippen molar-refractivity contribution in [1.82, 2.24) is 4.98 Å². The molecule has 0 amide bonds. The molecule has 0 fully saturated rings. The molecular formula is C17H22N2O2. The highest BCUT2D eigenvalue weighted by Crippen LogP contribution is 2.28. The molecule has 0 bridgehead atoms. The first kappa shape index (κ1) is 15.2. The molecule has 0 saturated heterocycles. The van der Waals surface area contributed by atoms with Gasteiger partial charge in [-0.25, -0.2) is 0 Å². The zero-order valence-electron chi connectivity index (χ0n) is 13.0. The minimum atomic E-state index is -0.359. The van der Waals surface area contributed by atoms with Gasteiger partial charge in [0.2, 0.25) is 11.8 Å². The second kappa shape index (κ2) is 6.04. The number of nitrogens with zero attached hydrogens (tertiary/aromatic N) is 1. The van der Waals surface area contributed by atoms with Gasteiger partial charge in [-0.3, -0.25) is 0 Å². The number of ether oxygens (including phenoxy) is 2. The van der Waals surface area contributed by atoms with E-state index < -0.39 is 0 Å². The maximum atomic E-state index is 5.89. The van der Waals surface area contributed by atoms with Crippen LogP contribution >= 0.6 is 0 Å². The molecule has 1 aromatic heterocycles. The summed E-state index contributed by atoms with van der Waals surface area (Å²) in [5.41, 5.74) is 7.25. The number of aromatic nitrogens is 1. The zero-order chi connectivity index (χ0) is 15.5. The largest absolute Gasteiger partial charge is 0.470 e.